The molecule has 3 rings (SSSR count). The lowest BCUT2D eigenvalue weighted by Crippen LogP contribution is -2.21. The molecule has 2 nitrogen and oxygen atoms in total. The van der Waals surface area contributed by atoms with E-state index in [1.54, 1.807) is 30.3 Å². The molecule has 0 unspecified atom stereocenters. The summed E-state index contributed by atoms with van der Waals surface area (Å²) in [4.78, 5) is 13.3. The van der Waals surface area contributed by atoms with Gasteiger partial charge in [0.05, 0.1) is 10.4 Å². The normalized spacial score (nSPS) is 11.4. The van der Waals surface area contributed by atoms with Crippen LogP contribution >= 0.6 is 22.9 Å². The summed E-state index contributed by atoms with van der Waals surface area (Å²) in [7, 11) is 0. The van der Waals surface area contributed by atoms with E-state index in [0.29, 0.717) is 20.3 Å². The van der Waals surface area contributed by atoms with Crippen LogP contribution in [0.1, 0.15) is 20.8 Å². The maximum absolute atomic E-state index is 12.8. The van der Waals surface area contributed by atoms with Crippen LogP contribution in [-0.4, -0.2) is 5.91 Å². The smallest absolute Gasteiger partial charge is 0.347 e. The summed E-state index contributed by atoms with van der Waals surface area (Å²) < 4.78 is 38.5. The van der Waals surface area contributed by atoms with Gasteiger partial charge in [0, 0.05) is 16.4 Å². The number of hydrogen-bond donors (Lipinski definition) is 1. The Bertz CT molecular complexity index is 936. The third-order valence-electron chi connectivity index (χ3n) is 3.70. The molecular weight excluding hydrogens is 383 g/mol. The molecule has 1 amide bonds. The monoisotopic (exact) mass is 395 g/mol. The van der Waals surface area contributed by atoms with E-state index in [2.05, 4.69) is 5.32 Å². The Morgan fingerprint density at radius 2 is 1.81 bits per heavy atom. The van der Waals surface area contributed by atoms with Crippen molar-refractivity contribution in [1.29, 1.82) is 0 Å². The van der Waals surface area contributed by atoms with Gasteiger partial charge in [-0.05, 0) is 41.5 Å². The first-order valence-corrected chi connectivity index (χ1v) is 8.83. The number of amides is 1. The van der Waals surface area contributed by atoms with E-state index in [0.717, 1.165) is 29.0 Å². The summed E-state index contributed by atoms with van der Waals surface area (Å²) in [6.45, 7) is 0.273. The van der Waals surface area contributed by atoms with Crippen molar-refractivity contribution < 1.29 is 18.0 Å². The summed E-state index contributed by atoms with van der Waals surface area (Å²) in [6, 6.07) is 15.5. The first-order valence-electron chi connectivity index (χ1n) is 7.63. The number of rotatable bonds is 4. The number of alkyl halides is 3. The molecule has 0 spiro atoms. The number of halogens is 4. The number of carbonyl (C=O) groups excluding carboxylic acids is 1. The quantitative estimate of drug-likeness (QED) is 0.575. The molecule has 0 radical (unpaired) electrons. The third kappa shape index (κ3) is 4.26. The fraction of sp³-hybridized carbons (Fsp3) is 0.105. The predicted octanol–water partition coefficient (Wildman–Crippen LogP) is 6.02. The van der Waals surface area contributed by atoms with E-state index in [1.165, 1.54) is 6.07 Å². The largest absolute Gasteiger partial charge is 0.416 e. The van der Waals surface area contributed by atoms with Gasteiger partial charge in [0.15, 0.2) is 0 Å². The minimum Gasteiger partial charge on any atom is -0.347 e. The molecule has 0 saturated heterocycles. The number of hydrogen-bond acceptors (Lipinski definition) is 2. The number of benzene rings is 2. The molecule has 1 aromatic heterocycles. The highest BCUT2D eigenvalue weighted by Crippen LogP contribution is 2.34. The summed E-state index contributed by atoms with van der Waals surface area (Å²) >= 11 is 7.19. The Morgan fingerprint density at radius 3 is 2.54 bits per heavy atom. The van der Waals surface area contributed by atoms with Gasteiger partial charge in [0.25, 0.3) is 5.91 Å². The molecule has 0 aliphatic heterocycles. The van der Waals surface area contributed by atoms with E-state index in [-0.39, 0.29) is 12.5 Å². The average Bonchev–Trinajstić information content (AvgIpc) is 3.10. The van der Waals surface area contributed by atoms with Crippen molar-refractivity contribution in [1.82, 2.24) is 5.32 Å². The maximum atomic E-state index is 12.8. The van der Waals surface area contributed by atoms with Crippen LogP contribution in [0.3, 0.4) is 0 Å². The molecule has 0 atom stereocenters. The van der Waals surface area contributed by atoms with Crippen molar-refractivity contribution in [3.05, 3.63) is 81.7 Å². The number of carbonyl (C=O) groups is 1. The summed E-state index contributed by atoms with van der Waals surface area (Å²) in [5.74, 6) is -0.298. The molecule has 0 bridgehead atoms. The van der Waals surface area contributed by atoms with Crippen LogP contribution in [0.25, 0.3) is 10.4 Å². The molecule has 26 heavy (non-hydrogen) atoms. The summed E-state index contributed by atoms with van der Waals surface area (Å²) in [5, 5.41) is 3.32. The Morgan fingerprint density at radius 1 is 1.04 bits per heavy atom. The molecule has 0 fully saturated rings. The molecule has 134 valence electrons. The second-order valence-corrected chi connectivity index (χ2v) is 7.01. The molecule has 0 aliphatic rings. The minimum atomic E-state index is -4.40. The standard InChI is InChI=1S/C19H13ClF3NOS/c20-15-7-2-1-4-13(15)11-24-18(25)17-9-8-16(26-17)12-5-3-6-14(10-12)19(21,22)23/h1-10H,11H2,(H,24,25). The Kier molecular flexibility index (Phi) is 5.34. The van der Waals surface area contributed by atoms with Crippen LogP contribution < -0.4 is 5.32 Å². The zero-order valence-electron chi connectivity index (χ0n) is 13.3. The van der Waals surface area contributed by atoms with Crippen molar-refractivity contribution in [3.63, 3.8) is 0 Å². The molecule has 3 aromatic rings. The Labute approximate surface area is 157 Å². The maximum Gasteiger partial charge on any atom is 0.416 e. The zero-order chi connectivity index (χ0) is 18.7. The van der Waals surface area contributed by atoms with Gasteiger partial charge in [-0.25, -0.2) is 0 Å². The van der Waals surface area contributed by atoms with Gasteiger partial charge in [-0.3, -0.25) is 4.79 Å². The molecule has 0 aliphatic carbocycles. The van der Waals surface area contributed by atoms with E-state index >= 15 is 0 Å². The fourth-order valence-corrected chi connectivity index (χ4v) is 3.49. The fourth-order valence-electron chi connectivity index (χ4n) is 2.37. The first-order chi connectivity index (χ1) is 12.3. The van der Waals surface area contributed by atoms with Crippen LogP contribution in [0, 0.1) is 0 Å². The van der Waals surface area contributed by atoms with E-state index in [1.807, 2.05) is 12.1 Å². The lowest BCUT2D eigenvalue weighted by atomic mass is 10.1. The van der Waals surface area contributed by atoms with Gasteiger partial charge in [-0.1, -0.05) is 41.9 Å². The van der Waals surface area contributed by atoms with Crippen molar-refractivity contribution in [2.24, 2.45) is 0 Å². The zero-order valence-corrected chi connectivity index (χ0v) is 14.9. The highest BCUT2D eigenvalue weighted by atomic mass is 35.5. The van der Waals surface area contributed by atoms with Crippen LogP contribution in [0.4, 0.5) is 13.2 Å². The van der Waals surface area contributed by atoms with Crippen molar-refractivity contribution in [3.8, 4) is 10.4 Å². The SMILES string of the molecule is O=C(NCc1ccccc1Cl)c1ccc(-c2cccc(C(F)(F)F)c2)s1. The van der Waals surface area contributed by atoms with Gasteiger partial charge >= 0.3 is 6.18 Å². The van der Waals surface area contributed by atoms with Crippen molar-refractivity contribution >= 4 is 28.8 Å². The molecule has 1 N–H and O–H groups in total. The predicted molar refractivity (Wildman–Crippen MR) is 97.4 cm³/mol. The molecule has 1 heterocycles. The van der Waals surface area contributed by atoms with Gasteiger partial charge in [-0.15, -0.1) is 11.3 Å². The van der Waals surface area contributed by atoms with E-state index < -0.39 is 11.7 Å². The second kappa shape index (κ2) is 7.51. The van der Waals surface area contributed by atoms with E-state index in [4.69, 9.17) is 11.6 Å². The lowest BCUT2D eigenvalue weighted by Gasteiger charge is -2.07. The van der Waals surface area contributed by atoms with Gasteiger partial charge < -0.3 is 5.32 Å². The molecular formula is C19H13ClF3NOS. The van der Waals surface area contributed by atoms with Gasteiger partial charge in [-0.2, -0.15) is 13.2 Å². The number of nitrogens with one attached hydrogen (secondary N) is 1. The average molecular weight is 396 g/mol. The van der Waals surface area contributed by atoms with Crippen molar-refractivity contribution in [2.45, 2.75) is 12.7 Å². The third-order valence-corrected chi connectivity index (χ3v) is 5.20. The van der Waals surface area contributed by atoms with Crippen LogP contribution in [0.5, 0.6) is 0 Å². The highest BCUT2D eigenvalue weighted by Gasteiger charge is 2.30. The Hall–Kier alpha value is -2.31. The summed E-state index contributed by atoms with van der Waals surface area (Å²) in [5.41, 5.74) is 0.500. The summed E-state index contributed by atoms with van der Waals surface area (Å²) in [6.07, 6.45) is -4.40. The molecule has 7 heteroatoms. The lowest BCUT2D eigenvalue weighted by molar-refractivity contribution is -0.137. The van der Waals surface area contributed by atoms with E-state index in [9.17, 15) is 18.0 Å². The first kappa shape index (κ1) is 18.5. The highest BCUT2D eigenvalue weighted by molar-refractivity contribution is 7.17. The van der Waals surface area contributed by atoms with Crippen molar-refractivity contribution in [2.75, 3.05) is 0 Å². The van der Waals surface area contributed by atoms with Gasteiger partial charge in [0.1, 0.15) is 0 Å². The van der Waals surface area contributed by atoms with Crippen LogP contribution in [0.2, 0.25) is 5.02 Å². The minimum absolute atomic E-state index is 0.273. The van der Waals surface area contributed by atoms with Crippen LogP contribution in [0.15, 0.2) is 60.7 Å². The second-order valence-electron chi connectivity index (χ2n) is 5.52. The molecule has 2 aromatic carbocycles. The van der Waals surface area contributed by atoms with Gasteiger partial charge in [0.2, 0.25) is 0 Å². The molecule has 0 saturated carbocycles. The van der Waals surface area contributed by atoms with Crippen LogP contribution in [-0.2, 0) is 12.7 Å². The Balaban J connectivity index is 1.73. The topological polar surface area (TPSA) is 29.1 Å². The number of thiophene rings is 1.